The minimum atomic E-state index is 0.483. The number of nitrogens with one attached hydrogen (secondary N) is 1. The van der Waals surface area contributed by atoms with Crippen molar-refractivity contribution in [1.82, 2.24) is 0 Å². The van der Waals surface area contributed by atoms with Gasteiger partial charge in [-0.2, -0.15) is 0 Å². The molecule has 4 rings (SSSR count). The van der Waals surface area contributed by atoms with Crippen LogP contribution in [0.4, 0.5) is 5.69 Å². The van der Waals surface area contributed by atoms with Gasteiger partial charge in [-0.25, -0.2) is 0 Å². The number of methoxy groups -OCH3 is 1. The lowest BCUT2D eigenvalue weighted by atomic mass is 10.1. The highest BCUT2D eigenvalue weighted by Crippen LogP contribution is 2.30. The molecule has 0 aliphatic heterocycles. The van der Waals surface area contributed by atoms with Crippen LogP contribution in [0, 0.1) is 6.92 Å². The number of anilines is 1. The number of rotatable bonds is 7. The summed E-state index contributed by atoms with van der Waals surface area (Å²) in [6.45, 7) is 3.21. The molecule has 3 nitrogen and oxygen atoms in total. The first-order chi connectivity index (χ1) is 14.6. The average molecular weight is 418 g/mol. The first-order valence-corrected chi connectivity index (χ1v) is 10.3. The summed E-state index contributed by atoms with van der Waals surface area (Å²) in [5.74, 6) is 1.45. The molecule has 0 aliphatic rings. The van der Waals surface area contributed by atoms with E-state index in [-0.39, 0.29) is 0 Å². The van der Waals surface area contributed by atoms with E-state index in [1.54, 1.807) is 7.11 Å². The second kappa shape index (κ2) is 9.10. The van der Waals surface area contributed by atoms with Gasteiger partial charge in [0.25, 0.3) is 0 Å². The van der Waals surface area contributed by atoms with Gasteiger partial charge in [0.15, 0.2) is 11.5 Å². The number of halogens is 1. The summed E-state index contributed by atoms with van der Waals surface area (Å²) in [6, 6.07) is 26.5. The van der Waals surface area contributed by atoms with Crippen molar-refractivity contribution in [3.8, 4) is 11.5 Å². The summed E-state index contributed by atoms with van der Waals surface area (Å²) < 4.78 is 11.7. The fraction of sp³-hybridized carbons (Fsp3) is 0.154. The Balaban J connectivity index is 1.47. The van der Waals surface area contributed by atoms with Gasteiger partial charge in [0.05, 0.1) is 7.11 Å². The number of fused-ring (bicyclic) bond motifs is 1. The summed E-state index contributed by atoms with van der Waals surface area (Å²) in [5, 5.41) is 6.57. The van der Waals surface area contributed by atoms with Crippen molar-refractivity contribution in [3.63, 3.8) is 0 Å². The average Bonchev–Trinajstić information content (AvgIpc) is 2.78. The Bertz CT molecular complexity index is 1170. The molecule has 0 unspecified atom stereocenters. The van der Waals surface area contributed by atoms with E-state index in [0.717, 1.165) is 38.9 Å². The molecule has 0 saturated heterocycles. The van der Waals surface area contributed by atoms with Gasteiger partial charge in [0.1, 0.15) is 6.61 Å². The molecule has 1 N–H and O–H groups in total. The molecule has 0 aromatic heterocycles. The van der Waals surface area contributed by atoms with Crippen LogP contribution in [0.25, 0.3) is 10.8 Å². The molecule has 0 fully saturated rings. The second-order valence-electron chi connectivity index (χ2n) is 7.22. The lowest BCUT2D eigenvalue weighted by Gasteiger charge is -2.14. The zero-order chi connectivity index (χ0) is 20.9. The number of hydrogen-bond donors (Lipinski definition) is 1. The summed E-state index contributed by atoms with van der Waals surface area (Å²) in [4.78, 5) is 0. The Morgan fingerprint density at radius 1 is 0.867 bits per heavy atom. The smallest absolute Gasteiger partial charge is 0.161 e. The Hall–Kier alpha value is -3.17. The highest BCUT2D eigenvalue weighted by molar-refractivity contribution is 6.30. The second-order valence-corrected chi connectivity index (χ2v) is 7.66. The van der Waals surface area contributed by atoms with E-state index in [0.29, 0.717) is 13.2 Å². The summed E-state index contributed by atoms with van der Waals surface area (Å²) >= 11 is 6.11. The molecule has 0 amide bonds. The summed E-state index contributed by atoms with van der Waals surface area (Å²) in [7, 11) is 1.67. The van der Waals surface area contributed by atoms with Crippen molar-refractivity contribution < 1.29 is 9.47 Å². The van der Waals surface area contributed by atoms with Gasteiger partial charge in [0.2, 0.25) is 0 Å². The lowest BCUT2D eigenvalue weighted by molar-refractivity contribution is 0.285. The van der Waals surface area contributed by atoms with Crippen LogP contribution < -0.4 is 14.8 Å². The molecule has 0 aliphatic carbocycles. The minimum absolute atomic E-state index is 0.483. The standard InChI is InChI=1S/C26H24ClNO2/c1-18-10-12-22(27)15-24(18)28-16-19-11-13-25(26(14-19)29-2)30-17-21-8-5-7-20-6-3-4-9-23(20)21/h3-15,28H,16-17H2,1-2H3. The van der Waals surface area contributed by atoms with Gasteiger partial charge in [-0.3, -0.25) is 0 Å². The third kappa shape index (κ3) is 4.52. The van der Waals surface area contributed by atoms with Crippen LogP contribution in [0.1, 0.15) is 16.7 Å². The van der Waals surface area contributed by atoms with Crippen LogP contribution in [0.2, 0.25) is 5.02 Å². The topological polar surface area (TPSA) is 30.5 Å². The van der Waals surface area contributed by atoms with Crippen LogP contribution in [-0.4, -0.2) is 7.11 Å². The number of ether oxygens (including phenoxy) is 2. The molecule has 152 valence electrons. The maximum Gasteiger partial charge on any atom is 0.161 e. The van der Waals surface area contributed by atoms with Crippen molar-refractivity contribution in [2.45, 2.75) is 20.1 Å². The van der Waals surface area contributed by atoms with E-state index < -0.39 is 0 Å². The lowest BCUT2D eigenvalue weighted by Crippen LogP contribution is -2.03. The molecule has 0 radical (unpaired) electrons. The summed E-state index contributed by atoms with van der Waals surface area (Å²) in [6.07, 6.45) is 0. The van der Waals surface area contributed by atoms with Crippen LogP contribution in [0.3, 0.4) is 0 Å². The fourth-order valence-corrected chi connectivity index (χ4v) is 3.67. The molecule has 4 heteroatoms. The molecule has 4 aromatic carbocycles. The molecule has 0 atom stereocenters. The SMILES string of the molecule is COc1cc(CNc2cc(Cl)ccc2C)ccc1OCc1cccc2ccccc12. The number of hydrogen-bond acceptors (Lipinski definition) is 3. The largest absolute Gasteiger partial charge is 0.493 e. The molecule has 30 heavy (non-hydrogen) atoms. The van der Waals surface area contributed by atoms with Gasteiger partial charge in [-0.15, -0.1) is 0 Å². The Morgan fingerprint density at radius 3 is 2.57 bits per heavy atom. The predicted molar refractivity (Wildman–Crippen MR) is 125 cm³/mol. The maximum atomic E-state index is 6.11. The molecule has 0 heterocycles. The molecule has 0 bridgehead atoms. The zero-order valence-electron chi connectivity index (χ0n) is 17.1. The van der Waals surface area contributed by atoms with Crippen molar-refractivity contribution >= 4 is 28.1 Å². The quantitative estimate of drug-likeness (QED) is 0.351. The third-order valence-corrected chi connectivity index (χ3v) is 5.41. The fourth-order valence-electron chi connectivity index (χ4n) is 3.50. The van der Waals surface area contributed by atoms with Gasteiger partial charge >= 0.3 is 0 Å². The maximum absolute atomic E-state index is 6.11. The van der Waals surface area contributed by atoms with Gasteiger partial charge in [-0.1, -0.05) is 66.2 Å². The zero-order valence-corrected chi connectivity index (χ0v) is 17.9. The van der Waals surface area contributed by atoms with Gasteiger partial charge in [0, 0.05) is 17.3 Å². The molecular weight excluding hydrogens is 394 g/mol. The Labute approximate surface area is 182 Å². The molecule has 4 aromatic rings. The summed E-state index contributed by atoms with van der Waals surface area (Å²) in [5.41, 5.74) is 4.43. The predicted octanol–water partition coefficient (Wildman–Crippen LogP) is 7.00. The monoisotopic (exact) mass is 417 g/mol. The van der Waals surface area contributed by atoms with Crippen molar-refractivity contribution in [2.75, 3.05) is 12.4 Å². The number of benzene rings is 4. The van der Waals surface area contributed by atoms with E-state index in [1.807, 2.05) is 42.5 Å². The van der Waals surface area contributed by atoms with Crippen LogP contribution in [0.15, 0.2) is 78.9 Å². The highest BCUT2D eigenvalue weighted by atomic mass is 35.5. The van der Waals surface area contributed by atoms with E-state index in [4.69, 9.17) is 21.1 Å². The van der Waals surface area contributed by atoms with Crippen molar-refractivity contribution in [3.05, 3.63) is 101 Å². The normalized spacial score (nSPS) is 10.8. The van der Waals surface area contributed by atoms with Crippen LogP contribution in [0.5, 0.6) is 11.5 Å². The van der Waals surface area contributed by atoms with Gasteiger partial charge in [-0.05, 0) is 58.7 Å². The minimum Gasteiger partial charge on any atom is -0.493 e. The molecule has 0 spiro atoms. The molecular formula is C26H24ClNO2. The third-order valence-electron chi connectivity index (χ3n) is 5.17. The van der Waals surface area contributed by atoms with E-state index in [2.05, 4.69) is 48.6 Å². The van der Waals surface area contributed by atoms with Crippen LogP contribution in [-0.2, 0) is 13.2 Å². The first-order valence-electron chi connectivity index (χ1n) is 9.90. The van der Waals surface area contributed by atoms with E-state index in [1.165, 1.54) is 10.8 Å². The van der Waals surface area contributed by atoms with Crippen molar-refractivity contribution in [2.24, 2.45) is 0 Å². The highest BCUT2D eigenvalue weighted by Gasteiger charge is 2.08. The Kier molecular flexibility index (Phi) is 6.10. The Morgan fingerprint density at radius 2 is 1.70 bits per heavy atom. The van der Waals surface area contributed by atoms with Crippen LogP contribution >= 0.6 is 11.6 Å². The van der Waals surface area contributed by atoms with E-state index in [9.17, 15) is 0 Å². The first kappa shape index (κ1) is 20.1. The van der Waals surface area contributed by atoms with Crippen molar-refractivity contribution in [1.29, 1.82) is 0 Å². The van der Waals surface area contributed by atoms with Gasteiger partial charge < -0.3 is 14.8 Å². The number of aryl methyl sites for hydroxylation is 1. The van der Waals surface area contributed by atoms with E-state index >= 15 is 0 Å². The molecule has 0 saturated carbocycles.